The molecule has 0 aliphatic rings. The van der Waals surface area contributed by atoms with Gasteiger partial charge in [-0.3, -0.25) is 0 Å². The molecular formula is C18H21FN2O2S. The second-order valence-corrected chi connectivity index (χ2v) is 5.50. The molecule has 0 aromatic heterocycles. The van der Waals surface area contributed by atoms with Crippen molar-refractivity contribution < 1.29 is 13.9 Å². The van der Waals surface area contributed by atoms with Gasteiger partial charge < -0.3 is 19.7 Å². The predicted octanol–water partition coefficient (Wildman–Crippen LogP) is 3.93. The van der Waals surface area contributed by atoms with Crippen molar-refractivity contribution in [2.45, 2.75) is 6.92 Å². The first-order chi connectivity index (χ1) is 11.6. The summed E-state index contributed by atoms with van der Waals surface area (Å²) in [4.78, 5) is 1.88. The van der Waals surface area contributed by atoms with E-state index in [0.29, 0.717) is 30.6 Å². The van der Waals surface area contributed by atoms with Crippen LogP contribution in [0.3, 0.4) is 0 Å². The maximum Gasteiger partial charge on any atom is 0.173 e. The number of hydrogen-bond acceptors (Lipinski definition) is 3. The van der Waals surface area contributed by atoms with Crippen molar-refractivity contribution in [2.75, 3.05) is 32.1 Å². The quantitative estimate of drug-likeness (QED) is 0.767. The first-order valence-electron chi connectivity index (χ1n) is 7.72. The number of anilines is 1. The van der Waals surface area contributed by atoms with Crippen LogP contribution in [0.4, 0.5) is 10.1 Å². The number of nitrogens with zero attached hydrogens (tertiary/aromatic N) is 1. The maximum absolute atomic E-state index is 12.8. The molecular weight excluding hydrogens is 327 g/mol. The van der Waals surface area contributed by atoms with Crippen LogP contribution in [-0.4, -0.2) is 36.8 Å². The Morgan fingerprint density at radius 1 is 1.04 bits per heavy atom. The van der Waals surface area contributed by atoms with Gasteiger partial charge in [0.05, 0.1) is 13.2 Å². The lowest BCUT2D eigenvalue weighted by atomic mass is 10.3. The monoisotopic (exact) mass is 348 g/mol. The van der Waals surface area contributed by atoms with Gasteiger partial charge in [-0.25, -0.2) is 4.39 Å². The maximum atomic E-state index is 12.8. The van der Waals surface area contributed by atoms with E-state index >= 15 is 0 Å². The van der Waals surface area contributed by atoms with Crippen LogP contribution in [-0.2, 0) is 0 Å². The van der Waals surface area contributed by atoms with E-state index in [1.807, 2.05) is 43.1 Å². The highest BCUT2D eigenvalue weighted by Crippen LogP contribution is 2.16. The largest absolute Gasteiger partial charge is 0.494 e. The van der Waals surface area contributed by atoms with Crippen molar-refractivity contribution in [2.24, 2.45) is 0 Å². The van der Waals surface area contributed by atoms with E-state index in [9.17, 15) is 4.39 Å². The van der Waals surface area contributed by atoms with Crippen LogP contribution < -0.4 is 14.8 Å². The number of nitrogens with one attached hydrogen (secondary N) is 1. The van der Waals surface area contributed by atoms with Crippen LogP contribution in [0, 0.1) is 5.82 Å². The van der Waals surface area contributed by atoms with Gasteiger partial charge in [0.1, 0.15) is 23.9 Å². The number of benzene rings is 2. The Kier molecular flexibility index (Phi) is 6.81. The van der Waals surface area contributed by atoms with Crippen molar-refractivity contribution in [3.63, 3.8) is 0 Å². The Labute approximate surface area is 147 Å². The molecule has 2 aromatic carbocycles. The molecule has 128 valence electrons. The van der Waals surface area contributed by atoms with E-state index in [1.54, 1.807) is 12.1 Å². The summed E-state index contributed by atoms with van der Waals surface area (Å²) in [7, 11) is 1.89. The fourth-order valence-corrected chi connectivity index (χ4v) is 2.16. The molecule has 0 fully saturated rings. The van der Waals surface area contributed by atoms with Crippen LogP contribution in [0.25, 0.3) is 0 Å². The van der Waals surface area contributed by atoms with Crippen LogP contribution in [0.2, 0.25) is 0 Å². The van der Waals surface area contributed by atoms with Crippen molar-refractivity contribution in [3.8, 4) is 11.5 Å². The molecule has 0 heterocycles. The fourth-order valence-electron chi connectivity index (χ4n) is 1.95. The van der Waals surface area contributed by atoms with Gasteiger partial charge in [-0.2, -0.15) is 0 Å². The first kappa shape index (κ1) is 18.0. The number of rotatable bonds is 7. The summed E-state index contributed by atoms with van der Waals surface area (Å²) in [5.74, 6) is 1.19. The molecule has 2 aromatic rings. The summed E-state index contributed by atoms with van der Waals surface area (Å²) in [6.45, 7) is 3.65. The van der Waals surface area contributed by atoms with Gasteiger partial charge in [-0.05, 0) is 67.7 Å². The molecule has 24 heavy (non-hydrogen) atoms. The SMILES string of the molecule is CCOc1ccc(NC(=S)N(C)CCOc2ccc(F)cc2)cc1. The molecule has 0 saturated heterocycles. The minimum absolute atomic E-state index is 0.278. The summed E-state index contributed by atoms with van der Waals surface area (Å²) in [6, 6.07) is 13.6. The third-order valence-corrected chi connectivity index (χ3v) is 3.69. The van der Waals surface area contributed by atoms with Crippen molar-refractivity contribution >= 4 is 23.0 Å². The molecule has 4 nitrogen and oxygen atoms in total. The summed E-state index contributed by atoms with van der Waals surface area (Å²) in [6.07, 6.45) is 0. The molecule has 1 N–H and O–H groups in total. The zero-order valence-electron chi connectivity index (χ0n) is 13.8. The Balaban J connectivity index is 1.76. The van der Waals surface area contributed by atoms with Gasteiger partial charge >= 0.3 is 0 Å². The average Bonchev–Trinajstić information content (AvgIpc) is 2.58. The standard InChI is InChI=1S/C18H21FN2O2S/c1-3-22-16-10-6-15(7-11-16)20-18(24)21(2)12-13-23-17-8-4-14(19)5-9-17/h4-11H,3,12-13H2,1-2H3,(H,20,24). The van der Waals surface area contributed by atoms with Gasteiger partial charge in [0.25, 0.3) is 0 Å². The average molecular weight is 348 g/mol. The number of hydrogen-bond donors (Lipinski definition) is 1. The lowest BCUT2D eigenvalue weighted by Gasteiger charge is -2.21. The third-order valence-electron chi connectivity index (χ3n) is 3.27. The molecule has 2 rings (SSSR count). The molecule has 0 spiro atoms. The Hall–Kier alpha value is -2.34. The topological polar surface area (TPSA) is 33.7 Å². The Bertz CT molecular complexity index is 647. The van der Waals surface area contributed by atoms with E-state index in [4.69, 9.17) is 21.7 Å². The molecule has 0 bridgehead atoms. The van der Waals surface area contributed by atoms with Gasteiger partial charge in [0.15, 0.2) is 5.11 Å². The highest BCUT2D eigenvalue weighted by molar-refractivity contribution is 7.80. The molecule has 0 saturated carbocycles. The zero-order valence-corrected chi connectivity index (χ0v) is 14.6. The van der Waals surface area contributed by atoms with E-state index < -0.39 is 0 Å². The first-order valence-corrected chi connectivity index (χ1v) is 8.12. The molecule has 6 heteroatoms. The van der Waals surface area contributed by atoms with E-state index in [0.717, 1.165) is 11.4 Å². The highest BCUT2D eigenvalue weighted by atomic mass is 32.1. The molecule has 0 unspecified atom stereocenters. The third kappa shape index (κ3) is 5.70. The van der Waals surface area contributed by atoms with Crippen molar-refractivity contribution in [1.29, 1.82) is 0 Å². The van der Waals surface area contributed by atoms with E-state index in [-0.39, 0.29) is 5.82 Å². The summed E-state index contributed by atoms with van der Waals surface area (Å²) in [5, 5.41) is 3.76. The predicted molar refractivity (Wildman–Crippen MR) is 98.4 cm³/mol. The number of thiocarbonyl (C=S) groups is 1. The van der Waals surface area contributed by atoms with E-state index in [2.05, 4.69) is 5.32 Å². The fraction of sp³-hybridized carbons (Fsp3) is 0.278. The lowest BCUT2D eigenvalue weighted by molar-refractivity contribution is 0.285. The smallest absolute Gasteiger partial charge is 0.173 e. The van der Waals surface area contributed by atoms with Crippen LogP contribution in [0.1, 0.15) is 6.92 Å². The molecule has 0 aliphatic carbocycles. The lowest BCUT2D eigenvalue weighted by Crippen LogP contribution is -2.34. The van der Waals surface area contributed by atoms with E-state index in [1.165, 1.54) is 12.1 Å². The Morgan fingerprint density at radius 2 is 1.62 bits per heavy atom. The van der Waals surface area contributed by atoms with Gasteiger partial charge in [-0.15, -0.1) is 0 Å². The van der Waals surface area contributed by atoms with Gasteiger partial charge in [-0.1, -0.05) is 0 Å². The minimum atomic E-state index is -0.278. The second kappa shape index (κ2) is 9.08. The minimum Gasteiger partial charge on any atom is -0.494 e. The molecule has 0 atom stereocenters. The molecule has 0 radical (unpaired) electrons. The van der Waals surface area contributed by atoms with Crippen LogP contribution in [0.5, 0.6) is 11.5 Å². The Morgan fingerprint density at radius 3 is 2.25 bits per heavy atom. The number of likely N-dealkylation sites (N-methyl/N-ethyl adjacent to an activating group) is 1. The summed E-state index contributed by atoms with van der Waals surface area (Å²) < 4.78 is 23.8. The molecule has 0 amide bonds. The highest BCUT2D eigenvalue weighted by Gasteiger charge is 2.05. The number of halogens is 1. The van der Waals surface area contributed by atoms with Gasteiger partial charge in [0, 0.05) is 12.7 Å². The van der Waals surface area contributed by atoms with Crippen LogP contribution >= 0.6 is 12.2 Å². The molecule has 0 aliphatic heterocycles. The number of ether oxygens (including phenoxy) is 2. The van der Waals surface area contributed by atoms with Crippen molar-refractivity contribution in [1.82, 2.24) is 4.90 Å². The van der Waals surface area contributed by atoms with Crippen LogP contribution in [0.15, 0.2) is 48.5 Å². The normalized spacial score (nSPS) is 10.1. The second-order valence-electron chi connectivity index (χ2n) is 5.11. The van der Waals surface area contributed by atoms with Gasteiger partial charge in [0.2, 0.25) is 0 Å². The summed E-state index contributed by atoms with van der Waals surface area (Å²) >= 11 is 5.37. The van der Waals surface area contributed by atoms with Crippen molar-refractivity contribution in [3.05, 3.63) is 54.3 Å². The summed E-state index contributed by atoms with van der Waals surface area (Å²) in [5.41, 5.74) is 0.898. The zero-order chi connectivity index (χ0) is 17.4.